The summed E-state index contributed by atoms with van der Waals surface area (Å²) in [4.78, 5) is 13.8. The highest BCUT2D eigenvalue weighted by Gasteiger charge is 2.29. The number of rotatable bonds is 2. The number of nitrogens with zero attached hydrogens (tertiary/aromatic N) is 1. The Morgan fingerprint density at radius 1 is 1.25 bits per heavy atom. The van der Waals surface area contributed by atoms with Crippen molar-refractivity contribution in [2.75, 3.05) is 18.0 Å². The average Bonchev–Trinajstić information content (AvgIpc) is 2.37. The van der Waals surface area contributed by atoms with Crippen LogP contribution in [0, 0.1) is 11.3 Å². The van der Waals surface area contributed by atoms with Crippen molar-refractivity contribution in [2.45, 2.75) is 40.5 Å². The molecule has 1 aliphatic rings. The molecular formula is C17H24BrNO. The number of benzene rings is 1. The number of Topliss-reactive ketones (excluding diaryl/α,β-unsaturated/α-hetero) is 1. The first-order valence-electron chi connectivity index (χ1n) is 7.34. The van der Waals surface area contributed by atoms with Gasteiger partial charge < -0.3 is 4.90 Å². The number of halogens is 1. The van der Waals surface area contributed by atoms with Crippen molar-refractivity contribution < 1.29 is 4.79 Å². The molecule has 3 heteroatoms. The standard InChI is InChI=1S/C17H24BrNO/c1-12(20)13-5-6-16(15(18)11-13)19-9-7-14(8-10-19)17(2,3)4/h5-6,11,14H,7-10H2,1-4H3. The molecule has 0 bridgehead atoms. The van der Waals surface area contributed by atoms with Crippen LogP contribution in [0.1, 0.15) is 50.9 Å². The summed E-state index contributed by atoms with van der Waals surface area (Å²) in [7, 11) is 0. The van der Waals surface area contributed by atoms with E-state index in [1.165, 1.54) is 18.5 Å². The Morgan fingerprint density at radius 2 is 1.85 bits per heavy atom. The van der Waals surface area contributed by atoms with E-state index < -0.39 is 0 Å². The third-order valence-electron chi connectivity index (χ3n) is 4.41. The summed E-state index contributed by atoms with van der Waals surface area (Å²) < 4.78 is 1.03. The van der Waals surface area contributed by atoms with E-state index in [1.54, 1.807) is 6.92 Å². The summed E-state index contributed by atoms with van der Waals surface area (Å²) in [5.74, 6) is 0.915. The molecule has 0 amide bonds. The molecule has 0 spiro atoms. The molecule has 0 atom stereocenters. The average molecular weight is 338 g/mol. The van der Waals surface area contributed by atoms with Crippen LogP contribution in [-0.4, -0.2) is 18.9 Å². The minimum absolute atomic E-state index is 0.115. The second-order valence-electron chi connectivity index (χ2n) is 6.85. The zero-order chi connectivity index (χ0) is 14.9. The van der Waals surface area contributed by atoms with Gasteiger partial charge >= 0.3 is 0 Å². The van der Waals surface area contributed by atoms with Gasteiger partial charge in [0.1, 0.15) is 0 Å². The Morgan fingerprint density at radius 3 is 2.30 bits per heavy atom. The predicted octanol–water partition coefficient (Wildman–Crippen LogP) is 4.91. The number of anilines is 1. The summed E-state index contributed by atoms with van der Waals surface area (Å²) >= 11 is 3.61. The topological polar surface area (TPSA) is 20.3 Å². The second-order valence-corrected chi connectivity index (χ2v) is 7.70. The van der Waals surface area contributed by atoms with Gasteiger partial charge in [0.25, 0.3) is 0 Å². The molecule has 0 aliphatic carbocycles. The van der Waals surface area contributed by atoms with Crippen molar-refractivity contribution in [3.05, 3.63) is 28.2 Å². The molecule has 1 saturated heterocycles. The summed E-state index contributed by atoms with van der Waals surface area (Å²) in [6, 6.07) is 5.93. The highest BCUT2D eigenvalue weighted by molar-refractivity contribution is 9.10. The minimum Gasteiger partial charge on any atom is -0.371 e. The number of carbonyl (C=O) groups excluding carboxylic acids is 1. The van der Waals surface area contributed by atoms with Gasteiger partial charge in [0.15, 0.2) is 5.78 Å². The maximum absolute atomic E-state index is 11.4. The van der Waals surface area contributed by atoms with Crippen molar-refractivity contribution in [1.29, 1.82) is 0 Å². The second kappa shape index (κ2) is 5.88. The molecule has 0 aromatic heterocycles. The van der Waals surface area contributed by atoms with Gasteiger partial charge in [-0.3, -0.25) is 4.79 Å². The maximum Gasteiger partial charge on any atom is 0.159 e. The highest BCUT2D eigenvalue weighted by atomic mass is 79.9. The van der Waals surface area contributed by atoms with Crippen LogP contribution in [0.3, 0.4) is 0 Å². The van der Waals surface area contributed by atoms with Crippen LogP contribution in [0.5, 0.6) is 0 Å². The van der Waals surface area contributed by atoms with E-state index in [0.717, 1.165) is 29.0 Å². The number of hydrogen-bond acceptors (Lipinski definition) is 2. The Bertz CT molecular complexity index is 496. The molecule has 1 aromatic rings. The third-order valence-corrected chi connectivity index (χ3v) is 5.05. The largest absolute Gasteiger partial charge is 0.371 e. The van der Waals surface area contributed by atoms with Crippen LogP contribution < -0.4 is 4.90 Å². The van der Waals surface area contributed by atoms with Gasteiger partial charge in [0, 0.05) is 23.1 Å². The molecule has 1 fully saturated rings. The Labute approximate surface area is 130 Å². The third kappa shape index (κ3) is 3.43. The molecule has 1 aliphatic heterocycles. The van der Waals surface area contributed by atoms with Gasteiger partial charge in [-0.25, -0.2) is 0 Å². The normalized spacial score (nSPS) is 17.4. The van der Waals surface area contributed by atoms with Gasteiger partial charge in [-0.05, 0) is 65.2 Å². The van der Waals surface area contributed by atoms with Crippen molar-refractivity contribution in [3.8, 4) is 0 Å². The number of carbonyl (C=O) groups is 1. The van der Waals surface area contributed by atoms with Gasteiger partial charge in [-0.2, -0.15) is 0 Å². The lowest BCUT2D eigenvalue weighted by atomic mass is 9.75. The fourth-order valence-corrected chi connectivity index (χ4v) is 3.60. The van der Waals surface area contributed by atoms with E-state index in [-0.39, 0.29) is 5.78 Å². The fraction of sp³-hybridized carbons (Fsp3) is 0.588. The molecule has 0 radical (unpaired) electrons. The molecule has 2 rings (SSSR count). The summed E-state index contributed by atoms with van der Waals surface area (Å²) in [6.45, 7) is 10.8. The van der Waals surface area contributed by atoms with E-state index in [0.29, 0.717) is 5.41 Å². The van der Waals surface area contributed by atoms with Crippen LogP contribution in [0.4, 0.5) is 5.69 Å². The maximum atomic E-state index is 11.4. The smallest absolute Gasteiger partial charge is 0.159 e. The Kier molecular flexibility index (Phi) is 4.58. The summed E-state index contributed by atoms with van der Waals surface area (Å²) in [5.41, 5.74) is 2.38. The first kappa shape index (κ1) is 15.6. The summed E-state index contributed by atoms with van der Waals surface area (Å²) in [5, 5.41) is 0. The number of hydrogen-bond donors (Lipinski definition) is 0. The molecule has 0 N–H and O–H groups in total. The van der Waals surface area contributed by atoms with Crippen LogP contribution in [0.25, 0.3) is 0 Å². The van der Waals surface area contributed by atoms with E-state index in [4.69, 9.17) is 0 Å². The van der Waals surface area contributed by atoms with Gasteiger partial charge in [-0.15, -0.1) is 0 Å². The Hall–Kier alpha value is -0.830. The molecule has 0 unspecified atom stereocenters. The van der Waals surface area contributed by atoms with E-state index in [2.05, 4.69) is 47.7 Å². The van der Waals surface area contributed by atoms with Crippen LogP contribution >= 0.6 is 15.9 Å². The predicted molar refractivity (Wildman–Crippen MR) is 88.5 cm³/mol. The van der Waals surface area contributed by atoms with Crippen molar-refractivity contribution in [3.63, 3.8) is 0 Å². The monoisotopic (exact) mass is 337 g/mol. The molecule has 20 heavy (non-hydrogen) atoms. The minimum atomic E-state index is 0.115. The molecule has 110 valence electrons. The van der Waals surface area contributed by atoms with Crippen LogP contribution in [0.2, 0.25) is 0 Å². The lowest BCUT2D eigenvalue weighted by Gasteiger charge is -2.40. The van der Waals surface area contributed by atoms with Crippen molar-refractivity contribution >= 4 is 27.4 Å². The zero-order valence-electron chi connectivity index (χ0n) is 12.9. The first-order chi connectivity index (χ1) is 9.29. The molecule has 1 heterocycles. The zero-order valence-corrected chi connectivity index (χ0v) is 14.5. The number of piperidine rings is 1. The van der Waals surface area contributed by atoms with Crippen molar-refractivity contribution in [2.24, 2.45) is 11.3 Å². The highest BCUT2D eigenvalue weighted by Crippen LogP contribution is 2.37. The van der Waals surface area contributed by atoms with Gasteiger partial charge in [0.05, 0.1) is 5.69 Å². The van der Waals surface area contributed by atoms with Crippen LogP contribution in [0.15, 0.2) is 22.7 Å². The Balaban J connectivity index is 2.09. The lowest BCUT2D eigenvalue weighted by molar-refractivity contribution is 0.101. The van der Waals surface area contributed by atoms with Gasteiger partial charge in [-0.1, -0.05) is 20.8 Å². The summed E-state index contributed by atoms with van der Waals surface area (Å²) in [6.07, 6.45) is 2.48. The van der Waals surface area contributed by atoms with E-state index in [1.807, 2.05) is 12.1 Å². The SMILES string of the molecule is CC(=O)c1ccc(N2CCC(C(C)(C)C)CC2)c(Br)c1. The fourth-order valence-electron chi connectivity index (χ4n) is 2.97. The molecule has 0 saturated carbocycles. The molecule has 1 aromatic carbocycles. The molecular weight excluding hydrogens is 314 g/mol. The van der Waals surface area contributed by atoms with E-state index in [9.17, 15) is 4.79 Å². The first-order valence-corrected chi connectivity index (χ1v) is 8.14. The quantitative estimate of drug-likeness (QED) is 0.714. The van der Waals surface area contributed by atoms with Crippen LogP contribution in [-0.2, 0) is 0 Å². The van der Waals surface area contributed by atoms with E-state index >= 15 is 0 Å². The lowest BCUT2D eigenvalue weighted by Crippen LogP contribution is -2.38. The number of ketones is 1. The molecule has 2 nitrogen and oxygen atoms in total. The van der Waals surface area contributed by atoms with Crippen molar-refractivity contribution in [1.82, 2.24) is 0 Å². The van der Waals surface area contributed by atoms with Gasteiger partial charge in [0.2, 0.25) is 0 Å².